The molecule has 15 heavy (non-hydrogen) atoms. The predicted octanol–water partition coefficient (Wildman–Crippen LogP) is 1.96. The Bertz CT molecular complexity index is 200. The predicted molar refractivity (Wildman–Crippen MR) is 68.6 cm³/mol. The van der Waals surface area contributed by atoms with Crippen molar-refractivity contribution in [3.8, 4) is 0 Å². The number of hydrogen-bond acceptors (Lipinski definition) is 3. The number of rotatable bonds is 2. The van der Waals surface area contributed by atoms with Crippen LogP contribution in [0.1, 0.15) is 33.1 Å². The van der Waals surface area contributed by atoms with Crippen molar-refractivity contribution in [3.63, 3.8) is 0 Å². The molecule has 0 aromatic rings. The van der Waals surface area contributed by atoms with Gasteiger partial charge in [-0.1, -0.05) is 0 Å². The first kappa shape index (κ1) is 11.7. The van der Waals surface area contributed by atoms with Crippen molar-refractivity contribution < 1.29 is 0 Å². The molecule has 2 rings (SSSR count). The van der Waals surface area contributed by atoms with Gasteiger partial charge in [0, 0.05) is 23.9 Å². The van der Waals surface area contributed by atoms with E-state index in [1.165, 1.54) is 51.2 Å². The number of nitrogens with zero attached hydrogens (tertiary/aromatic N) is 1. The van der Waals surface area contributed by atoms with Crippen molar-refractivity contribution in [2.24, 2.45) is 0 Å². The fourth-order valence-electron chi connectivity index (χ4n) is 2.66. The van der Waals surface area contributed by atoms with E-state index in [2.05, 4.69) is 35.8 Å². The summed E-state index contributed by atoms with van der Waals surface area (Å²) in [5.41, 5.74) is 0.305. The van der Waals surface area contributed by atoms with Gasteiger partial charge >= 0.3 is 0 Å². The third kappa shape index (κ3) is 3.65. The minimum absolute atomic E-state index is 0.305. The van der Waals surface area contributed by atoms with Gasteiger partial charge in [-0.25, -0.2) is 0 Å². The Morgan fingerprint density at radius 1 is 1.40 bits per heavy atom. The van der Waals surface area contributed by atoms with E-state index < -0.39 is 0 Å². The molecule has 0 aromatic heterocycles. The number of nitrogens with one attached hydrogen (secondary N) is 1. The van der Waals surface area contributed by atoms with Crippen LogP contribution in [0, 0.1) is 0 Å². The summed E-state index contributed by atoms with van der Waals surface area (Å²) >= 11 is 2.18. The summed E-state index contributed by atoms with van der Waals surface area (Å²) in [6.07, 6.45) is 4.18. The Kier molecular flexibility index (Phi) is 3.97. The van der Waals surface area contributed by atoms with Crippen molar-refractivity contribution in [1.29, 1.82) is 0 Å². The second-order valence-electron chi connectivity index (χ2n) is 5.53. The first-order chi connectivity index (χ1) is 7.16. The first-order valence-corrected chi connectivity index (χ1v) is 7.30. The van der Waals surface area contributed by atoms with Crippen molar-refractivity contribution in [2.75, 3.05) is 31.9 Å². The second-order valence-corrected chi connectivity index (χ2v) is 6.94. The molecule has 2 fully saturated rings. The zero-order valence-corrected chi connectivity index (χ0v) is 10.9. The quantitative estimate of drug-likeness (QED) is 0.778. The Morgan fingerprint density at radius 3 is 3.00 bits per heavy atom. The number of thioether (sulfide) groups is 1. The third-order valence-electron chi connectivity index (χ3n) is 3.36. The molecule has 1 N–H and O–H groups in total. The molecule has 0 spiro atoms. The van der Waals surface area contributed by atoms with Gasteiger partial charge in [-0.3, -0.25) is 0 Å². The van der Waals surface area contributed by atoms with E-state index in [0.29, 0.717) is 5.54 Å². The lowest BCUT2D eigenvalue weighted by Crippen LogP contribution is -2.47. The lowest BCUT2D eigenvalue weighted by molar-refractivity contribution is 0.231. The average Bonchev–Trinajstić information content (AvgIpc) is 2.58. The van der Waals surface area contributed by atoms with Crippen LogP contribution in [0.5, 0.6) is 0 Å². The van der Waals surface area contributed by atoms with Gasteiger partial charge in [0.15, 0.2) is 0 Å². The van der Waals surface area contributed by atoms with Crippen LogP contribution in [0.2, 0.25) is 0 Å². The van der Waals surface area contributed by atoms with Crippen LogP contribution in [0.4, 0.5) is 0 Å². The minimum Gasteiger partial charge on any atom is -0.310 e. The van der Waals surface area contributed by atoms with E-state index in [1.54, 1.807) is 0 Å². The van der Waals surface area contributed by atoms with Crippen LogP contribution in [-0.4, -0.2) is 47.6 Å². The molecule has 0 radical (unpaired) electrons. The van der Waals surface area contributed by atoms with Crippen LogP contribution in [-0.2, 0) is 0 Å². The minimum atomic E-state index is 0.305. The molecule has 88 valence electrons. The van der Waals surface area contributed by atoms with Gasteiger partial charge in [-0.2, -0.15) is 11.8 Å². The van der Waals surface area contributed by atoms with Gasteiger partial charge in [-0.05, 0) is 52.0 Å². The summed E-state index contributed by atoms with van der Waals surface area (Å²) in [6.45, 7) is 9.65. The molecule has 2 nitrogen and oxygen atoms in total. The molecule has 2 saturated heterocycles. The van der Waals surface area contributed by atoms with Crippen molar-refractivity contribution in [3.05, 3.63) is 0 Å². The van der Waals surface area contributed by atoms with Crippen LogP contribution >= 0.6 is 11.8 Å². The summed E-state index contributed by atoms with van der Waals surface area (Å²) in [5.74, 6) is 1.39. The largest absolute Gasteiger partial charge is 0.310 e. The highest BCUT2D eigenvalue weighted by molar-refractivity contribution is 8.00. The SMILES string of the molecule is CC1(C)CN(CC2CCCS2)CCCN1. The van der Waals surface area contributed by atoms with Gasteiger partial charge in [0.1, 0.15) is 0 Å². The highest BCUT2D eigenvalue weighted by Crippen LogP contribution is 2.27. The van der Waals surface area contributed by atoms with Crippen LogP contribution < -0.4 is 5.32 Å². The molecule has 0 amide bonds. The lowest BCUT2D eigenvalue weighted by Gasteiger charge is -2.31. The molecule has 2 aliphatic rings. The zero-order chi connectivity index (χ0) is 10.7. The van der Waals surface area contributed by atoms with Crippen molar-refractivity contribution in [2.45, 2.75) is 43.9 Å². The Hall–Kier alpha value is 0.270. The van der Waals surface area contributed by atoms with Crippen molar-refractivity contribution >= 4 is 11.8 Å². The Labute approximate surface area is 98.2 Å². The summed E-state index contributed by atoms with van der Waals surface area (Å²) in [6, 6.07) is 0. The van der Waals surface area contributed by atoms with E-state index in [9.17, 15) is 0 Å². The summed E-state index contributed by atoms with van der Waals surface area (Å²) in [7, 11) is 0. The van der Waals surface area contributed by atoms with Crippen molar-refractivity contribution in [1.82, 2.24) is 10.2 Å². The summed E-state index contributed by atoms with van der Waals surface area (Å²) in [4.78, 5) is 2.67. The molecule has 1 unspecified atom stereocenters. The lowest BCUT2D eigenvalue weighted by atomic mass is 10.1. The average molecular weight is 228 g/mol. The zero-order valence-electron chi connectivity index (χ0n) is 10.1. The van der Waals surface area contributed by atoms with Crippen LogP contribution in [0.25, 0.3) is 0 Å². The maximum atomic E-state index is 3.63. The van der Waals surface area contributed by atoms with E-state index in [4.69, 9.17) is 0 Å². The highest BCUT2D eigenvalue weighted by Gasteiger charge is 2.26. The normalized spacial score (nSPS) is 32.8. The first-order valence-electron chi connectivity index (χ1n) is 6.25. The Balaban J connectivity index is 1.84. The summed E-state index contributed by atoms with van der Waals surface area (Å²) in [5, 5.41) is 4.54. The van der Waals surface area contributed by atoms with Crippen LogP contribution in [0.15, 0.2) is 0 Å². The standard InChI is InChI=1S/C12H24N2S/c1-12(2)10-14(7-4-6-13-12)9-11-5-3-8-15-11/h11,13H,3-10H2,1-2H3. The molecule has 0 bridgehead atoms. The number of hydrogen-bond donors (Lipinski definition) is 1. The molecule has 2 aliphatic heterocycles. The van der Waals surface area contributed by atoms with Crippen LogP contribution in [0.3, 0.4) is 0 Å². The monoisotopic (exact) mass is 228 g/mol. The maximum Gasteiger partial charge on any atom is 0.0252 e. The van der Waals surface area contributed by atoms with Gasteiger partial charge < -0.3 is 10.2 Å². The smallest absolute Gasteiger partial charge is 0.0252 e. The fourth-order valence-corrected chi connectivity index (χ4v) is 3.97. The fraction of sp³-hybridized carbons (Fsp3) is 1.00. The molecule has 1 atom stereocenters. The molecular formula is C12H24N2S. The molecular weight excluding hydrogens is 204 g/mol. The maximum absolute atomic E-state index is 3.63. The molecule has 0 aliphatic carbocycles. The Morgan fingerprint density at radius 2 is 2.27 bits per heavy atom. The topological polar surface area (TPSA) is 15.3 Å². The molecule has 2 heterocycles. The summed E-state index contributed by atoms with van der Waals surface area (Å²) < 4.78 is 0. The van der Waals surface area contributed by atoms with E-state index >= 15 is 0 Å². The van der Waals surface area contributed by atoms with E-state index in [0.717, 1.165) is 5.25 Å². The third-order valence-corrected chi connectivity index (χ3v) is 4.74. The van der Waals surface area contributed by atoms with E-state index in [1.807, 2.05) is 0 Å². The van der Waals surface area contributed by atoms with Gasteiger partial charge in [0.05, 0.1) is 0 Å². The van der Waals surface area contributed by atoms with Gasteiger partial charge in [-0.15, -0.1) is 0 Å². The molecule has 3 heteroatoms. The molecule has 0 aromatic carbocycles. The molecule has 0 saturated carbocycles. The second kappa shape index (κ2) is 5.07. The highest BCUT2D eigenvalue weighted by atomic mass is 32.2. The van der Waals surface area contributed by atoms with Gasteiger partial charge in [0.2, 0.25) is 0 Å². The van der Waals surface area contributed by atoms with Gasteiger partial charge in [0.25, 0.3) is 0 Å². The van der Waals surface area contributed by atoms with E-state index in [-0.39, 0.29) is 0 Å².